The minimum atomic E-state index is -0.727. The van der Waals surface area contributed by atoms with Crippen molar-refractivity contribution in [1.29, 1.82) is 0 Å². The van der Waals surface area contributed by atoms with E-state index in [1.165, 1.54) is 22.3 Å². The zero-order valence-electron chi connectivity index (χ0n) is 10.2. The highest BCUT2D eigenvalue weighted by Gasteiger charge is 2.19. The molecule has 0 aliphatic heterocycles. The van der Waals surface area contributed by atoms with Crippen molar-refractivity contribution in [3.05, 3.63) is 34.4 Å². The molecule has 0 spiro atoms. The van der Waals surface area contributed by atoms with Crippen molar-refractivity contribution in [2.75, 3.05) is 0 Å². The van der Waals surface area contributed by atoms with E-state index in [-0.39, 0.29) is 12.5 Å². The Balaban J connectivity index is 2.30. The van der Waals surface area contributed by atoms with E-state index in [1.54, 1.807) is 0 Å². The third-order valence-electron chi connectivity index (χ3n) is 3.60. The highest BCUT2D eigenvalue weighted by molar-refractivity contribution is 5.67. The number of carboxylic acid groups (broad SMARTS) is 1. The van der Waals surface area contributed by atoms with E-state index in [9.17, 15) is 4.79 Å². The summed E-state index contributed by atoms with van der Waals surface area (Å²) in [6.45, 7) is 2.06. The zero-order chi connectivity index (χ0) is 12.4. The van der Waals surface area contributed by atoms with Crippen LogP contribution in [-0.4, -0.2) is 17.1 Å². The predicted octanol–water partition coefficient (Wildman–Crippen LogP) is 1.83. The third-order valence-corrected chi connectivity index (χ3v) is 3.60. The molecule has 1 aromatic carbocycles. The van der Waals surface area contributed by atoms with Crippen molar-refractivity contribution in [3.63, 3.8) is 0 Å². The molecule has 1 aliphatic rings. The Kier molecular flexibility index (Phi) is 3.48. The molecule has 3 nitrogen and oxygen atoms in total. The van der Waals surface area contributed by atoms with Crippen LogP contribution in [0.15, 0.2) is 12.1 Å². The number of aliphatic carboxylic acids is 1. The molecule has 0 bridgehead atoms. The quantitative estimate of drug-likeness (QED) is 0.837. The molecule has 0 heterocycles. The van der Waals surface area contributed by atoms with Crippen LogP contribution in [0.2, 0.25) is 0 Å². The van der Waals surface area contributed by atoms with Gasteiger partial charge in [0.25, 0.3) is 0 Å². The molecule has 1 aliphatic carbocycles. The SMILES string of the molecule is Cc1ccc2c(c1CCC(=O)O)CCC(N)C2. The number of nitrogens with two attached hydrogens (primary N) is 1. The summed E-state index contributed by atoms with van der Waals surface area (Å²) in [6, 6.07) is 4.50. The monoisotopic (exact) mass is 233 g/mol. The maximum Gasteiger partial charge on any atom is 0.303 e. The molecule has 0 radical (unpaired) electrons. The second kappa shape index (κ2) is 4.88. The number of benzene rings is 1. The van der Waals surface area contributed by atoms with Gasteiger partial charge in [0.2, 0.25) is 0 Å². The smallest absolute Gasteiger partial charge is 0.303 e. The molecule has 92 valence electrons. The molecule has 0 amide bonds. The Morgan fingerprint density at radius 1 is 1.53 bits per heavy atom. The second-order valence-corrected chi connectivity index (χ2v) is 4.90. The van der Waals surface area contributed by atoms with Gasteiger partial charge in [-0.25, -0.2) is 0 Å². The van der Waals surface area contributed by atoms with Gasteiger partial charge in [-0.15, -0.1) is 0 Å². The summed E-state index contributed by atoms with van der Waals surface area (Å²) in [7, 11) is 0. The van der Waals surface area contributed by atoms with Crippen LogP contribution in [0.4, 0.5) is 0 Å². The van der Waals surface area contributed by atoms with Crippen molar-refractivity contribution in [1.82, 2.24) is 0 Å². The molecule has 3 heteroatoms. The van der Waals surface area contributed by atoms with Gasteiger partial charge < -0.3 is 10.8 Å². The maximum absolute atomic E-state index is 10.7. The van der Waals surface area contributed by atoms with Crippen molar-refractivity contribution in [3.8, 4) is 0 Å². The van der Waals surface area contributed by atoms with Gasteiger partial charge in [0.15, 0.2) is 0 Å². The number of hydrogen-bond acceptors (Lipinski definition) is 2. The van der Waals surface area contributed by atoms with Gasteiger partial charge in [-0.05, 0) is 54.9 Å². The Labute approximate surface area is 102 Å². The summed E-state index contributed by atoms with van der Waals surface area (Å²) in [4.78, 5) is 10.7. The van der Waals surface area contributed by atoms with Gasteiger partial charge in [-0.1, -0.05) is 12.1 Å². The summed E-state index contributed by atoms with van der Waals surface area (Å²) in [6.07, 6.45) is 3.78. The van der Waals surface area contributed by atoms with Gasteiger partial charge in [-0.3, -0.25) is 4.79 Å². The predicted molar refractivity (Wildman–Crippen MR) is 67.1 cm³/mol. The molecule has 1 atom stereocenters. The van der Waals surface area contributed by atoms with Crippen LogP contribution in [0.1, 0.15) is 35.1 Å². The molecule has 1 aromatic rings. The fraction of sp³-hybridized carbons (Fsp3) is 0.500. The first-order chi connectivity index (χ1) is 8.08. The first-order valence-electron chi connectivity index (χ1n) is 6.15. The molecule has 1 unspecified atom stereocenters. The zero-order valence-corrected chi connectivity index (χ0v) is 10.2. The minimum absolute atomic E-state index is 0.212. The van der Waals surface area contributed by atoms with E-state index in [0.29, 0.717) is 6.42 Å². The third kappa shape index (κ3) is 2.67. The normalized spacial score (nSPS) is 18.8. The van der Waals surface area contributed by atoms with Crippen molar-refractivity contribution in [2.45, 2.75) is 45.1 Å². The topological polar surface area (TPSA) is 63.3 Å². The molecule has 0 saturated heterocycles. The van der Waals surface area contributed by atoms with Crippen molar-refractivity contribution < 1.29 is 9.90 Å². The van der Waals surface area contributed by atoms with Crippen molar-refractivity contribution >= 4 is 5.97 Å². The summed E-state index contributed by atoms with van der Waals surface area (Å²) in [5.41, 5.74) is 11.1. The van der Waals surface area contributed by atoms with Crippen LogP contribution in [0.3, 0.4) is 0 Å². The van der Waals surface area contributed by atoms with E-state index in [0.717, 1.165) is 19.3 Å². The number of rotatable bonds is 3. The number of fused-ring (bicyclic) bond motifs is 1. The van der Waals surface area contributed by atoms with Crippen LogP contribution >= 0.6 is 0 Å². The molecule has 0 aromatic heterocycles. The van der Waals surface area contributed by atoms with E-state index in [2.05, 4.69) is 19.1 Å². The summed E-state index contributed by atoms with van der Waals surface area (Å²) >= 11 is 0. The van der Waals surface area contributed by atoms with Crippen LogP contribution in [0.25, 0.3) is 0 Å². The minimum Gasteiger partial charge on any atom is -0.481 e. The molecule has 0 saturated carbocycles. The summed E-state index contributed by atoms with van der Waals surface area (Å²) in [5.74, 6) is -0.727. The fourth-order valence-corrected chi connectivity index (χ4v) is 2.66. The van der Waals surface area contributed by atoms with Crippen LogP contribution in [0.5, 0.6) is 0 Å². The van der Waals surface area contributed by atoms with Gasteiger partial charge in [0, 0.05) is 12.5 Å². The first-order valence-corrected chi connectivity index (χ1v) is 6.15. The number of carboxylic acids is 1. The molecular formula is C14H19NO2. The van der Waals surface area contributed by atoms with Crippen molar-refractivity contribution in [2.24, 2.45) is 5.73 Å². The molecule has 3 N–H and O–H groups in total. The number of aryl methyl sites for hydroxylation is 1. The lowest BCUT2D eigenvalue weighted by molar-refractivity contribution is -0.136. The Morgan fingerprint density at radius 2 is 2.29 bits per heavy atom. The average molecular weight is 233 g/mol. The lowest BCUT2D eigenvalue weighted by Gasteiger charge is -2.25. The van der Waals surface area contributed by atoms with Crippen LogP contribution in [0, 0.1) is 6.92 Å². The van der Waals surface area contributed by atoms with Gasteiger partial charge in [-0.2, -0.15) is 0 Å². The first kappa shape index (κ1) is 12.1. The Hall–Kier alpha value is -1.35. The largest absolute Gasteiger partial charge is 0.481 e. The van der Waals surface area contributed by atoms with E-state index in [1.807, 2.05) is 0 Å². The van der Waals surface area contributed by atoms with E-state index in [4.69, 9.17) is 10.8 Å². The average Bonchev–Trinajstić information content (AvgIpc) is 2.27. The highest BCUT2D eigenvalue weighted by atomic mass is 16.4. The second-order valence-electron chi connectivity index (χ2n) is 4.90. The summed E-state index contributed by atoms with van der Waals surface area (Å²) in [5, 5.41) is 8.79. The highest BCUT2D eigenvalue weighted by Crippen LogP contribution is 2.27. The lowest BCUT2D eigenvalue weighted by Crippen LogP contribution is -2.28. The lowest BCUT2D eigenvalue weighted by atomic mass is 9.83. The molecule has 17 heavy (non-hydrogen) atoms. The molecule has 0 fully saturated rings. The summed E-state index contributed by atoms with van der Waals surface area (Å²) < 4.78 is 0. The van der Waals surface area contributed by atoms with E-state index < -0.39 is 5.97 Å². The van der Waals surface area contributed by atoms with Crippen LogP contribution < -0.4 is 5.73 Å². The van der Waals surface area contributed by atoms with Crippen LogP contribution in [-0.2, 0) is 24.1 Å². The molecular weight excluding hydrogens is 214 g/mol. The van der Waals surface area contributed by atoms with Gasteiger partial charge in [0.1, 0.15) is 0 Å². The molecule has 2 rings (SSSR count). The van der Waals surface area contributed by atoms with E-state index >= 15 is 0 Å². The Morgan fingerprint density at radius 3 is 3.00 bits per heavy atom. The number of hydrogen-bond donors (Lipinski definition) is 2. The number of carbonyl (C=O) groups is 1. The fourth-order valence-electron chi connectivity index (χ4n) is 2.66. The maximum atomic E-state index is 10.7. The van der Waals surface area contributed by atoms with Gasteiger partial charge >= 0.3 is 5.97 Å². The van der Waals surface area contributed by atoms with Gasteiger partial charge in [0.05, 0.1) is 0 Å². The standard InChI is InChI=1S/C14H19NO2/c1-9-2-3-10-8-11(15)4-5-13(10)12(9)6-7-14(16)17/h2-3,11H,4-8,15H2,1H3,(H,16,17). The Bertz CT molecular complexity index is 440.